The smallest absolute Gasteiger partial charge is 0.328 e. The fraction of sp³-hybridized carbons (Fsp3) is 0.800. The van der Waals surface area contributed by atoms with Crippen molar-refractivity contribution in [3.63, 3.8) is 0 Å². The maximum absolute atomic E-state index is 13.5. The first kappa shape index (κ1) is 33.6. The first-order valence-corrected chi connectivity index (χ1v) is 14.7. The quantitative estimate of drug-likeness (QED) is 0.225. The van der Waals surface area contributed by atoms with Crippen LogP contribution in [0.3, 0.4) is 0 Å². The van der Waals surface area contributed by atoms with Gasteiger partial charge in [-0.05, 0) is 57.8 Å². The third-order valence-corrected chi connectivity index (χ3v) is 7.08. The van der Waals surface area contributed by atoms with Gasteiger partial charge in [0.15, 0.2) is 0 Å². The minimum atomic E-state index is -0.976. The predicted octanol–water partition coefficient (Wildman–Crippen LogP) is 4.77. The third-order valence-electron chi connectivity index (χ3n) is 7.08. The lowest BCUT2D eigenvalue weighted by molar-refractivity contribution is -0.148. The van der Waals surface area contributed by atoms with Crippen LogP contribution in [0.25, 0.3) is 0 Å². The molecule has 0 aromatic carbocycles. The number of carbonyl (C=O) groups is 4. The number of nitrogens with one attached hydrogen (secondary N) is 2. The number of nitrogens with zero attached hydrogens (tertiary/aromatic N) is 1. The largest absolute Gasteiger partial charge is 0.464 e. The molecule has 4 atom stereocenters. The number of rotatable bonds is 11. The summed E-state index contributed by atoms with van der Waals surface area (Å²) >= 11 is 0. The summed E-state index contributed by atoms with van der Waals surface area (Å²) in [6.45, 7) is 8.07. The molecule has 2 unspecified atom stereocenters. The summed E-state index contributed by atoms with van der Waals surface area (Å²) in [5, 5.41) is 5.85. The molecule has 0 spiro atoms. The van der Waals surface area contributed by atoms with Crippen molar-refractivity contribution in [2.75, 3.05) is 20.7 Å². The summed E-state index contributed by atoms with van der Waals surface area (Å²) in [5.74, 6) is -1.63. The zero-order valence-electron chi connectivity index (χ0n) is 24.7. The molecule has 0 bridgehead atoms. The summed E-state index contributed by atoms with van der Waals surface area (Å²) < 4.78 is 5.25. The van der Waals surface area contributed by atoms with Gasteiger partial charge < -0.3 is 20.3 Å². The second-order valence-electron chi connectivity index (χ2n) is 11.2. The fourth-order valence-corrected chi connectivity index (χ4v) is 4.93. The van der Waals surface area contributed by atoms with Gasteiger partial charge in [-0.3, -0.25) is 14.4 Å². The molecule has 2 N–H and O–H groups in total. The number of hydrogen-bond donors (Lipinski definition) is 2. The summed E-state index contributed by atoms with van der Waals surface area (Å²) in [4.78, 5) is 54.1. The average molecular weight is 536 g/mol. The molecule has 0 aromatic heterocycles. The third kappa shape index (κ3) is 12.9. The highest BCUT2D eigenvalue weighted by Gasteiger charge is 2.33. The molecule has 1 aliphatic rings. The summed E-state index contributed by atoms with van der Waals surface area (Å²) in [7, 11) is 3.38. The van der Waals surface area contributed by atoms with E-state index < -0.39 is 29.9 Å². The molecular weight excluding hydrogens is 482 g/mol. The van der Waals surface area contributed by atoms with E-state index in [2.05, 4.69) is 23.6 Å². The molecule has 0 fully saturated rings. The van der Waals surface area contributed by atoms with E-state index in [0.29, 0.717) is 12.8 Å². The van der Waals surface area contributed by atoms with E-state index in [9.17, 15) is 19.2 Å². The van der Waals surface area contributed by atoms with Crippen LogP contribution in [-0.2, 0) is 23.9 Å². The van der Waals surface area contributed by atoms with Crippen LogP contribution in [0, 0.1) is 17.8 Å². The minimum Gasteiger partial charge on any atom is -0.464 e. The Bertz CT molecular complexity index is 765. The number of carbonyl (C=O) groups excluding carboxylic acids is 4. The second kappa shape index (κ2) is 18.8. The minimum absolute atomic E-state index is 0.0894. The van der Waals surface area contributed by atoms with E-state index in [1.165, 1.54) is 24.2 Å². The van der Waals surface area contributed by atoms with Crippen LogP contribution in [0.2, 0.25) is 0 Å². The number of esters is 1. The second-order valence-corrected chi connectivity index (χ2v) is 11.2. The molecule has 0 radical (unpaired) electrons. The van der Waals surface area contributed by atoms with Crippen molar-refractivity contribution >= 4 is 23.7 Å². The van der Waals surface area contributed by atoms with Crippen LogP contribution in [-0.4, -0.2) is 61.4 Å². The van der Waals surface area contributed by atoms with Crippen LogP contribution in [0.1, 0.15) is 105 Å². The highest BCUT2D eigenvalue weighted by Crippen LogP contribution is 2.21. The van der Waals surface area contributed by atoms with E-state index in [4.69, 9.17) is 4.74 Å². The predicted molar refractivity (Wildman–Crippen MR) is 151 cm³/mol. The van der Waals surface area contributed by atoms with Gasteiger partial charge >= 0.3 is 5.97 Å². The lowest BCUT2D eigenvalue weighted by Crippen LogP contribution is -2.54. The number of ether oxygens (including phenoxy) is 1. The molecule has 3 amide bonds. The molecule has 38 heavy (non-hydrogen) atoms. The van der Waals surface area contributed by atoms with E-state index in [1.54, 1.807) is 21.0 Å². The van der Waals surface area contributed by atoms with E-state index in [1.807, 2.05) is 19.9 Å². The molecule has 0 saturated heterocycles. The zero-order valence-corrected chi connectivity index (χ0v) is 24.7. The number of allylic oxidation sites excluding steroid dienone is 2. The van der Waals surface area contributed by atoms with Gasteiger partial charge in [0.05, 0.1) is 6.61 Å². The Hall–Kier alpha value is -2.38. The first-order valence-electron chi connectivity index (χ1n) is 14.7. The van der Waals surface area contributed by atoms with Gasteiger partial charge in [0, 0.05) is 25.9 Å². The van der Waals surface area contributed by atoms with E-state index in [-0.39, 0.29) is 36.7 Å². The number of unbranched alkanes of at least 4 members (excludes halogenated alkanes) is 4. The van der Waals surface area contributed by atoms with Gasteiger partial charge in [-0.15, -0.1) is 0 Å². The van der Waals surface area contributed by atoms with Crippen molar-refractivity contribution in [2.45, 2.75) is 117 Å². The Balaban J connectivity index is 3.23. The molecule has 0 aliphatic carbocycles. The summed E-state index contributed by atoms with van der Waals surface area (Å²) in [6.07, 6.45) is 14.0. The van der Waals surface area contributed by atoms with E-state index >= 15 is 0 Å². The molecule has 8 heteroatoms. The SMILES string of the molecule is CCCCCCCC1CCC/C=C\CC(C(=O)N(C)C)C[C@@H](C(=O)OCC)NC(=O)[C@H](CC(C)C)NC1=O. The Labute approximate surface area is 230 Å². The van der Waals surface area contributed by atoms with Gasteiger partial charge in [0.25, 0.3) is 0 Å². The summed E-state index contributed by atoms with van der Waals surface area (Å²) in [5.41, 5.74) is 0. The maximum Gasteiger partial charge on any atom is 0.328 e. The Kier molecular flexibility index (Phi) is 16.6. The van der Waals surface area contributed by atoms with Crippen LogP contribution in [0.4, 0.5) is 0 Å². The molecule has 1 rings (SSSR count). The van der Waals surface area contributed by atoms with Crippen molar-refractivity contribution in [3.8, 4) is 0 Å². The average Bonchev–Trinajstić information content (AvgIpc) is 2.86. The maximum atomic E-state index is 13.5. The number of hydrogen-bond acceptors (Lipinski definition) is 5. The first-order chi connectivity index (χ1) is 18.1. The molecule has 1 heterocycles. The molecule has 8 nitrogen and oxygen atoms in total. The van der Waals surface area contributed by atoms with Crippen molar-refractivity contribution < 1.29 is 23.9 Å². The molecule has 0 saturated carbocycles. The van der Waals surface area contributed by atoms with Crippen LogP contribution >= 0.6 is 0 Å². The molecule has 0 aromatic rings. The van der Waals surface area contributed by atoms with Crippen molar-refractivity contribution in [1.29, 1.82) is 0 Å². The highest BCUT2D eigenvalue weighted by atomic mass is 16.5. The topological polar surface area (TPSA) is 105 Å². The fourth-order valence-electron chi connectivity index (χ4n) is 4.93. The molecular formula is C30H53N3O5. The molecule has 1 aliphatic heterocycles. The standard InChI is InChI=1S/C30H53N3O5/c1-7-9-10-11-14-17-23-18-15-12-13-16-19-24(29(36)33(5)6)21-26(30(37)38-8-2)32-28(35)25(20-22(3)4)31-27(23)34/h13,16,22-26H,7-12,14-15,17-21H2,1-6H3,(H,31,34)(H,32,35)/b16-13-/t23?,24?,25-,26-/m0/s1. The Morgan fingerprint density at radius 1 is 1.03 bits per heavy atom. The van der Waals surface area contributed by atoms with Crippen LogP contribution in [0.5, 0.6) is 0 Å². The summed E-state index contributed by atoms with van der Waals surface area (Å²) in [6, 6.07) is -1.73. The van der Waals surface area contributed by atoms with Gasteiger partial charge in [-0.2, -0.15) is 0 Å². The van der Waals surface area contributed by atoms with Crippen LogP contribution in [0.15, 0.2) is 12.2 Å². The van der Waals surface area contributed by atoms with Gasteiger partial charge in [0.2, 0.25) is 17.7 Å². The van der Waals surface area contributed by atoms with Crippen molar-refractivity contribution in [2.24, 2.45) is 17.8 Å². The van der Waals surface area contributed by atoms with E-state index in [0.717, 1.165) is 38.5 Å². The van der Waals surface area contributed by atoms with Gasteiger partial charge in [-0.25, -0.2) is 4.79 Å². The van der Waals surface area contributed by atoms with Crippen LogP contribution < -0.4 is 10.6 Å². The zero-order chi connectivity index (χ0) is 28.5. The monoisotopic (exact) mass is 535 g/mol. The Morgan fingerprint density at radius 3 is 2.37 bits per heavy atom. The van der Waals surface area contributed by atoms with Crippen molar-refractivity contribution in [1.82, 2.24) is 15.5 Å². The lowest BCUT2D eigenvalue weighted by Gasteiger charge is -2.27. The number of amides is 3. The molecule has 218 valence electrons. The Morgan fingerprint density at radius 2 is 1.74 bits per heavy atom. The van der Waals surface area contributed by atoms with Gasteiger partial charge in [-0.1, -0.05) is 65.0 Å². The normalized spacial score (nSPS) is 24.5. The van der Waals surface area contributed by atoms with Gasteiger partial charge in [0.1, 0.15) is 12.1 Å². The highest BCUT2D eigenvalue weighted by molar-refractivity contribution is 5.91. The lowest BCUT2D eigenvalue weighted by atomic mass is 9.93. The van der Waals surface area contributed by atoms with Crippen molar-refractivity contribution in [3.05, 3.63) is 12.2 Å².